The Balaban J connectivity index is 0.00000484. The predicted octanol–water partition coefficient (Wildman–Crippen LogP) is 4.80. The predicted molar refractivity (Wildman–Crippen MR) is 167 cm³/mol. The summed E-state index contributed by atoms with van der Waals surface area (Å²) in [7, 11) is 3.15. The largest absolute Gasteiger partial charge is 0.494 e. The number of ether oxygens (including phenoxy) is 2. The molecule has 10 nitrogen and oxygen atoms in total. The molecule has 2 heterocycles. The summed E-state index contributed by atoms with van der Waals surface area (Å²) in [5.74, 6) is -0.0547. The molecule has 2 aromatic rings. The molecule has 0 saturated carbocycles. The summed E-state index contributed by atoms with van der Waals surface area (Å²) in [6, 6.07) is 6.92. The topological polar surface area (TPSA) is 132 Å². The lowest BCUT2D eigenvalue weighted by molar-refractivity contribution is -0.137. The number of carboxylic acid groups (broad SMARTS) is 1. The Bertz CT molecular complexity index is 1390. The molecule has 1 saturated heterocycles. The quantitative estimate of drug-likeness (QED) is 0.314. The van der Waals surface area contributed by atoms with Crippen LogP contribution >= 0.6 is 17.0 Å². The van der Waals surface area contributed by atoms with E-state index < -0.39 is 5.97 Å². The average Bonchev–Trinajstić information content (AvgIpc) is 3.49. The van der Waals surface area contributed by atoms with Crippen LogP contribution in [0.1, 0.15) is 84.4 Å². The zero-order valence-electron chi connectivity index (χ0n) is 25.1. The number of rotatable bonds is 10. The molecule has 2 aromatic carbocycles. The van der Waals surface area contributed by atoms with Crippen molar-refractivity contribution in [3.05, 3.63) is 52.1 Å². The standard InChI is InChI=1S/C31H40N4O6.BrH/c1-7-41-26-13-19-16-34(29(32)21(19)15-22(26)30(39)33-5)17-25(36)18-11-23(31(2,3)4)28(40-6)24(12-18)35-10-8-9-20(35)14-27(37)38;/h11-13,15,20,32H,7-10,14,16-17H2,1-6H3,(H,33,39)(H,37,38);1H. The highest BCUT2D eigenvalue weighted by Gasteiger charge is 2.34. The summed E-state index contributed by atoms with van der Waals surface area (Å²) in [6.07, 6.45) is 1.62. The van der Waals surface area contributed by atoms with Gasteiger partial charge in [0, 0.05) is 42.9 Å². The second-order valence-electron chi connectivity index (χ2n) is 11.6. The third kappa shape index (κ3) is 6.56. The molecule has 0 aromatic heterocycles. The number of halogens is 1. The Morgan fingerprint density at radius 3 is 2.48 bits per heavy atom. The molecule has 3 N–H and O–H groups in total. The van der Waals surface area contributed by atoms with E-state index in [1.54, 1.807) is 37.3 Å². The number of amides is 1. The van der Waals surface area contributed by atoms with E-state index in [2.05, 4.69) is 10.2 Å². The molecule has 4 rings (SSSR count). The minimum absolute atomic E-state index is 0. The molecule has 0 spiro atoms. The zero-order valence-corrected chi connectivity index (χ0v) is 26.8. The van der Waals surface area contributed by atoms with E-state index >= 15 is 0 Å². The molecule has 2 aliphatic heterocycles. The van der Waals surface area contributed by atoms with E-state index in [1.807, 2.05) is 33.8 Å². The molecule has 1 atom stereocenters. The lowest BCUT2D eigenvalue weighted by atomic mass is 9.84. The number of ketones is 1. The molecule has 42 heavy (non-hydrogen) atoms. The van der Waals surface area contributed by atoms with Crippen LogP contribution in [-0.4, -0.2) is 73.4 Å². The van der Waals surface area contributed by atoms with Gasteiger partial charge in [0.25, 0.3) is 5.91 Å². The second kappa shape index (κ2) is 13.1. The van der Waals surface area contributed by atoms with Gasteiger partial charge in [-0.15, -0.1) is 17.0 Å². The van der Waals surface area contributed by atoms with E-state index in [9.17, 15) is 19.5 Å². The maximum atomic E-state index is 13.8. The summed E-state index contributed by atoms with van der Waals surface area (Å²) in [4.78, 5) is 41.6. The number of aliphatic carboxylic acids is 1. The summed E-state index contributed by atoms with van der Waals surface area (Å²) in [5, 5.41) is 20.9. The highest BCUT2D eigenvalue weighted by Crippen LogP contribution is 2.43. The highest BCUT2D eigenvalue weighted by atomic mass is 79.9. The van der Waals surface area contributed by atoms with Gasteiger partial charge in [0.2, 0.25) is 0 Å². The number of carbonyl (C=O) groups excluding carboxylic acids is 2. The van der Waals surface area contributed by atoms with Crippen LogP contribution in [0.15, 0.2) is 24.3 Å². The molecular formula is C31H41BrN4O6. The molecule has 11 heteroatoms. The van der Waals surface area contributed by atoms with Gasteiger partial charge in [-0.1, -0.05) is 20.8 Å². The third-order valence-electron chi connectivity index (χ3n) is 7.74. The number of hydrogen-bond acceptors (Lipinski definition) is 7. The zero-order chi connectivity index (χ0) is 30.1. The Kier molecular flexibility index (Phi) is 10.3. The van der Waals surface area contributed by atoms with Crippen LogP contribution in [0.2, 0.25) is 0 Å². The van der Waals surface area contributed by atoms with Crippen molar-refractivity contribution in [1.29, 1.82) is 5.41 Å². The molecular weight excluding hydrogens is 604 g/mol. The van der Waals surface area contributed by atoms with Crippen LogP contribution in [0.25, 0.3) is 0 Å². The fourth-order valence-corrected chi connectivity index (χ4v) is 5.74. The van der Waals surface area contributed by atoms with E-state index in [1.165, 1.54) is 0 Å². The second-order valence-corrected chi connectivity index (χ2v) is 11.6. The smallest absolute Gasteiger partial charge is 0.305 e. The van der Waals surface area contributed by atoms with Gasteiger partial charge < -0.3 is 29.7 Å². The molecule has 228 valence electrons. The number of carbonyl (C=O) groups is 3. The van der Waals surface area contributed by atoms with Crippen molar-refractivity contribution in [2.45, 2.75) is 65.0 Å². The number of Topliss-reactive ketones (excluding diaryl/α,β-unsaturated/α-hetero) is 1. The molecule has 0 aliphatic carbocycles. The monoisotopic (exact) mass is 644 g/mol. The maximum absolute atomic E-state index is 13.8. The first kappa shape index (κ1) is 32.9. The fraction of sp³-hybridized carbons (Fsp3) is 0.484. The number of anilines is 1. The minimum Gasteiger partial charge on any atom is -0.494 e. The molecule has 1 fully saturated rings. The van der Waals surface area contributed by atoms with Crippen LogP contribution in [0, 0.1) is 5.41 Å². The number of amidine groups is 1. The van der Waals surface area contributed by atoms with E-state index in [-0.39, 0.29) is 58.9 Å². The van der Waals surface area contributed by atoms with Crippen molar-refractivity contribution in [3.63, 3.8) is 0 Å². The fourth-order valence-electron chi connectivity index (χ4n) is 5.74. The van der Waals surface area contributed by atoms with Crippen molar-refractivity contribution in [3.8, 4) is 11.5 Å². The molecule has 2 aliphatic rings. The summed E-state index contributed by atoms with van der Waals surface area (Å²) >= 11 is 0. The van der Waals surface area contributed by atoms with Gasteiger partial charge in [0.1, 0.15) is 17.3 Å². The summed E-state index contributed by atoms with van der Waals surface area (Å²) < 4.78 is 11.6. The van der Waals surface area contributed by atoms with Crippen molar-refractivity contribution >= 4 is 46.2 Å². The van der Waals surface area contributed by atoms with Gasteiger partial charge in [0.05, 0.1) is 37.9 Å². The van der Waals surface area contributed by atoms with Gasteiger partial charge in [-0.25, -0.2) is 0 Å². The molecule has 0 radical (unpaired) electrons. The van der Waals surface area contributed by atoms with Crippen LogP contribution in [0.3, 0.4) is 0 Å². The van der Waals surface area contributed by atoms with Crippen LogP contribution < -0.4 is 19.7 Å². The van der Waals surface area contributed by atoms with Crippen molar-refractivity contribution in [2.24, 2.45) is 0 Å². The van der Waals surface area contributed by atoms with E-state index in [0.29, 0.717) is 47.9 Å². The Morgan fingerprint density at radius 2 is 1.88 bits per heavy atom. The molecule has 0 bridgehead atoms. The van der Waals surface area contributed by atoms with E-state index in [4.69, 9.17) is 14.9 Å². The lowest BCUT2D eigenvalue weighted by Gasteiger charge is -2.32. The first-order chi connectivity index (χ1) is 19.4. The van der Waals surface area contributed by atoms with Gasteiger partial charge in [-0.2, -0.15) is 0 Å². The Morgan fingerprint density at radius 1 is 1.17 bits per heavy atom. The third-order valence-corrected chi connectivity index (χ3v) is 7.74. The van der Waals surface area contributed by atoms with Gasteiger partial charge >= 0.3 is 5.97 Å². The lowest BCUT2D eigenvalue weighted by Crippen LogP contribution is -2.33. The first-order valence-corrected chi connectivity index (χ1v) is 14.0. The number of hydrogen-bond donors (Lipinski definition) is 3. The molecule has 1 unspecified atom stereocenters. The van der Waals surface area contributed by atoms with Crippen LogP contribution in [0.4, 0.5) is 5.69 Å². The van der Waals surface area contributed by atoms with E-state index in [0.717, 1.165) is 29.7 Å². The SMILES string of the molecule is Br.CCOc1cc2c(cc1C(=O)NC)C(=N)N(CC(=O)c1cc(N3CCCC3CC(=O)O)c(OC)c(C(C)(C)C)c1)C2. The van der Waals surface area contributed by atoms with Crippen LogP contribution in [0.5, 0.6) is 11.5 Å². The highest BCUT2D eigenvalue weighted by molar-refractivity contribution is 8.93. The van der Waals surface area contributed by atoms with Gasteiger partial charge in [0.15, 0.2) is 5.78 Å². The number of fused-ring (bicyclic) bond motifs is 1. The van der Waals surface area contributed by atoms with Crippen molar-refractivity contribution in [2.75, 3.05) is 38.8 Å². The van der Waals surface area contributed by atoms with Crippen LogP contribution in [-0.2, 0) is 16.8 Å². The summed E-state index contributed by atoms with van der Waals surface area (Å²) in [5.41, 5.74) is 3.48. The van der Waals surface area contributed by atoms with Crippen molar-refractivity contribution in [1.82, 2.24) is 10.2 Å². The van der Waals surface area contributed by atoms with Gasteiger partial charge in [-0.05, 0) is 55.0 Å². The number of nitrogens with zero attached hydrogens (tertiary/aromatic N) is 2. The first-order valence-electron chi connectivity index (χ1n) is 14.0. The Labute approximate surface area is 257 Å². The van der Waals surface area contributed by atoms with Crippen molar-refractivity contribution < 1.29 is 29.0 Å². The minimum atomic E-state index is -0.858. The van der Waals surface area contributed by atoms with Gasteiger partial charge in [-0.3, -0.25) is 19.8 Å². The number of nitrogens with one attached hydrogen (secondary N) is 2. The molecule has 1 amide bonds. The number of carboxylic acids is 1. The summed E-state index contributed by atoms with van der Waals surface area (Å²) in [6.45, 7) is 9.38. The average molecular weight is 646 g/mol. The number of benzene rings is 2. The maximum Gasteiger partial charge on any atom is 0.305 e. The number of methoxy groups -OCH3 is 1. The normalized spacial score (nSPS) is 16.1. The Hall–Kier alpha value is -3.60.